The fraction of sp³-hybridized carbons (Fsp3) is 0.308. The number of aryl methyl sites for hydroxylation is 1. The minimum atomic E-state index is -0.587. The van der Waals surface area contributed by atoms with Crippen LogP contribution in [0.5, 0.6) is 0 Å². The van der Waals surface area contributed by atoms with E-state index in [1.54, 1.807) is 6.20 Å². The first-order chi connectivity index (χ1) is 8.70. The quantitative estimate of drug-likeness (QED) is 0.884. The normalized spacial score (nSPS) is 10.6. The molecule has 18 heavy (non-hydrogen) atoms. The van der Waals surface area contributed by atoms with E-state index in [1.807, 2.05) is 10.7 Å². The van der Waals surface area contributed by atoms with Crippen LogP contribution < -0.4 is 5.32 Å². The standard InChI is InChI=1S/C13H15F2N3/c1-2-7-18-11(5-6-17-18)9-16-13-4-3-10(14)8-12(13)15/h3-6,8,16H,2,7,9H2,1H3. The fourth-order valence-electron chi connectivity index (χ4n) is 1.74. The molecule has 0 aliphatic carbocycles. The van der Waals surface area contributed by atoms with Crippen LogP contribution in [0, 0.1) is 11.6 Å². The Hall–Kier alpha value is -1.91. The van der Waals surface area contributed by atoms with E-state index in [0.29, 0.717) is 12.2 Å². The van der Waals surface area contributed by atoms with Crippen LogP contribution in [-0.4, -0.2) is 9.78 Å². The lowest BCUT2D eigenvalue weighted by Crippen LogP contribution is -2.09. The molecule has 1 aromatic carbocycles. The minimum absolute atomic E-state index is 0.292. The first-order valence-electron chi connectivity index (χ1n) is 5.90. The van der Waals surface area contributed by atoms with Gasteiger partial charge in [-0.15, -0.1) is 0 Å². The number of anilines is 1. The molecule has 0 spiro atoms. The van der Waals surface area contributed by atoms with E-state index in [0.717, 1.165) is 24.7 Å². The van der Waals surface area contributed by atoms with Crippen LogP contribution in [0.25, 0.3) is 0 Å². The molecule has 2 aromatic rings. The third-order valence-corrected chi connectivity index (χ3v) is 2.63. The van der Waals surface area contributed by atoms with Gasteiger partial charge in [-0.05, 0) is 24.6 Å². The van der Waals surface area contributed by atoms with Crippen LogP contribution in [-0.2, 0) is 13.1 Å². The molecular weight excluding hydrogens is 236 g/mol. The lowest BCUT2D eigenvalue weighted by molar-refractivity contribution is 0.574. The lowest BCUT2D eigenvalue weighted by atomic mass is 10.3. The number of halogens is 2. The first kappa shape index (κ1) is 12.5. The summed E-state index contributed by atoms with van der Waals surface area (Å²) in [5, 5.41) is 7.12. The molecule has 0 saturated heterocycles. The van der Waals surface area contributed by atoms with E-state index in [-0.39, 0.29) is 0 Å². The fourth-order valence-corrected chi connectivity index (χ4v) is 1.74. The summed E-state index contributed by atoms with van der Waals surface area (Å²) in [7, 11) is 0. The Morgan fingerprint density at radius 3 is 2.83 bits per heavy atom. The summed E-state index contributed by atoms with van der Waals surface area (Å²) in [5.41, 5.74) is 1.27. The molecule has 0 aliphatic heterocycles. The van der Waals surface area contributed by atoms with Crippen LogP contribution in [0.3, 0.4) is 0 Å². The molecule has 1 heterocycles. The molecule has 3 nitrogen and oxygen atoms in total. The topological polar surface area (TPSA) is 29.9 Å². The zero-order chi connectivity index (χ0) is 13.0. The summed E-state index contributed by atoms with van der Waals surface area (Å²) in [6.07, 6.45) is 2.70. The highest BCUT2D eigenvalue weighted by Crippen LogP contribution is 2.16. The maximum atomic E-state index is 13.4. The molecule has 0 unspecified atom stereocenters. The third kappa shape index (κ3) is 2.85. The highest BCUT2D eigenvalue weighted by atomic mass is 19.1. The zero-order valence-electron chi connectivity index (χ0n) is 10.2. The Labute approximate surface area is 104 Å². The van der Waals surface area contributed by atoms with Gasteiger partial charge in [-0.1, -0.05) is 6.92 Å². The van der Waals surface area contributed by atoms with Crippen molar-refractivity contribution in [2.75, 3.05) is 5.32 Å². The van der Waals surface area contributed by atoms with Gasteiger partial charge < -0.3 is 5.32 Å². The van der Waals surface area contributed by atoms with E-state index in [2.05, 4.69) is 17.3 Å². The summed E-state index contributed by atoms with van der Waals surface area (Å²) < 4.78 is 28.0. The molecule has 0 radical (unpaired) electrons. The van der Waals surface area contributed by atoms with Crippen LogP contribution in [0.15, 0.2) is 30.5 Å². The maximum absolute atomic E-state index is 13.4. The van der Waals surface area contributed by atoms with Gasteiger partial charge in [0, 0.05) is 18.8 Å². The van der Waals surface area contributed by atoms with Crippen molar-refractivity contribution in [2.24, 2.45) is 0 Å². The molecular formula is C13H15F2N3. The Kier molecular flexibility index (Phi) is 3.92. The molecule has 96 valence electrons. The van der Waals surface area contributed by atoms with E-state index < -0.39 is 11.6 Å². The first-order valence-corrected chi connectivity index (χ1v) is 5.90. The van der Waals surface area contributed by atoms with Crippen molar-refractivity contribution in [1.82, 2.24) is 9.78 Å². The molecule has 0 atom stereocenters. The van der Waals surface area contributed by atoms with Crippen molar-refractivity contribution in [2.45, 2.75) is 26.4 Å². The number of nitrogens with zero attached hydrogens (tertiary/aromatic N) is 2. The minimum Gasteiger partial charge on any atom is -0.377 e. The number of benzene rings is 1. The molecule has 0 saturated carbocycles. The van der Waals surface area contributed by atoms with Crippen LogP contribution in [0.4, 0.5) is 14.5 Å². The van der Waals surface area contributed by atoms with E-state index >= 15 is 0 Å². The van der Waals surface area contributed by atoms with Gasteiger partial charge in [0.05, 0.1) is 17.9 Å². The van der Waals surface area contributed by atoms with Crippen molar-refractivity contribution >= 4 is 5.69 Å². The summed E-state index contributed by atoms with van der Waals surface area (Å²) >= 11 is 0. The van der Waals surface area contributed by atoms with Crippen LogP contribution >= 0.6 is 0 Å². The smallest absolute Gasteiger partial charge is 0.149 e. The molecule has 2 rings (SSSR count). The third-order valence-electron chi connectivity index (χ3n) is 2.63. The average molecular weight is 251 g/mol. The number of rotatable bonds is 5. The van der Waals surface area contributed by atoms with Gasteiger partial charge in [-0.25, -0.2) is 8.78 Å². The van der Waals surface area contributed by atoms with Gasteiger partial charge in [0.15, 0.2) is 0 Å². The number of nitrogens with one attached hydrogen (secondary N) is 1. The summed E-state index contributed by atoms with van der Waals surface area (Å²) in [5.74, 6) is -1.16. The molecule has 0 fully saturated rings. The van der Waals surface area contributed by atoms with Gasteiger partial charge in [0.2, 0.25) is 0 Å². The molecule has 0 aliphatic rings. The summed E-state index contributed by atoms with van der Waals surface area (Å²) in [6.45, 7) is 3.36. The second-order valence-electron chi connectivity index (χ2n) is 4.02. The van der Waals surface area contributed by atoms with Gasteiger partial charge in [-0.2, -0.15) is 5.10 Å². The second kappa shape index (κ2) is 5.62. The van der Waals surface area contributed by atoms with E-state index in [1.165, 1.54) is 12.1 Å². The predicted octanol–water partition coefficient (Wildman–Crippen LogP) is 3.18. The van der Waals surface area contributed by atoms with Crippen molar-refractivity contribution in [3.05, 3.63) is 47.8 Å². The highest BCUT2D eigenvalue weighted by Gasteiger charge is 2.05. The number of hydrogen-bond donors (Lipinski definition) is 1. The van der Waals surface area contributed by atoms with Crippen molar-refractivity contribution in [3.63, 3.8) is 0 Å². The van der Waals surface area contributed by atoms with Gasteiger partial charge in [-0.3, -0.25) is 4.68 Å². The van der Waals surface area contributed by atoms with Gasteiger partial charge in [0.25, 0.3) is 0 Å². The zero-order valence-corrected chi connectivity index (χ0v) is 10.2. The monoisotopic (exact) mass is 251 g/mol. The molecule has 0 bridgehead atoms. The molecule has 1 aromatic heterocycles. The van der Waals surface area contributed by atoms with Gasteiger partial charge in [0.1, 0.15) is 11.6 Å². The summed E-state index contributed by atoms with van der Waals surface area (Å²) in [4.78, 5) is 0. The predicted molar refractivity (Wildman–Crippen MR) is 66.2 cm³/mol. The number of aromatic nitrogens is 2. The molecule has 1 N–H and O–H groups in total. The Morgan fingerprint density at radius 1 is 1.28 bits per heavy atom. The lowest BCUT2D eigenvalue weighted by Gasteiger charge is -2.09. The maximum Gasteiger partial charge on any atom is 0.149 e. The van der Waals surface area contributed by atoms with Crippen LogP contribution in [0.2, 0.25) is 0 Å². The molecule has 0 amide bonds. The largest absolute Gasteiger partial charge is 0.377 e. The van der Waals surface area contributed by atoms with E-state index in [4.69, 9.17) is 0 Å². The van der Waals surface area contributed by atoms with Crippen molar-refractivity contribution < 1.29 is 8.78 Å². The highest BCUT2D eigenvalue weighted by molar-refractivity contribution is 5.44. The SMILES string of the molecule is CCCn1nccc1CNc1ccc(F)cc1F. The van der Waals surface area contributed by atoms with Gasteiger partial charge >= 0.3 is 0 Å². The number of hydrogen-bond acceptors (Lipinski definition) is 2. The second-order valence-corrected chi connectivity index (χ2v) is 4.02. The average Bonchev–Trinajstić information content (AvgIpc) is 2.76. The Morgan fingerprint density at radius 2 is 2.11 bits per heavy atom. The van der Waals surface area contributed by atoms with E-state index in [9.17, 15) is 8.78 Å². The van der Waals surface area contributed by atoms with Crippen LogP contribution in [0.1, 0.15) is 19.0 Å². The van der Waals surface area contributed by atoms with Crippen molar-refractivity contribution in [3.8, 4) is 0 Å². The summed E-state index contributed by atoms with van der Waals surface area (Å²) in [6, 6.07) is 5.37. The Balaban J connectivity index is 2.04. The molecule has 5 heteroatoms. The Bertz CT molecular complexity index is 523. The van der Waals surface area contributed by atoms with Crippen molar-refractivity contribution in [1.29, 1.82) is 0 Å².